The summed E-state index contributed by atoms with van der Waals surface area (Å²) in [5.41, 5.74) is 12.5. The number of carbonyl (C=O) groups excluding carboxylic acids is 9. The molecule has 4 heterocycles. The average molecular weight is 1230 g/mol. The van der Waals surface area contributed by atoms with Crippen LogP contribution in [0.3, 0.4) is 0 Å². The van der Waals surface area contributed by atoms with Crippen molar-refractivity contribution in [2.75, 3.05) is 56.5 Å². The van der Waals surface area contributed by atoms with E-state index in [4.69, 9.17) is 35.2 Å². The SMILES string of the molecule is CC(/C=C/C1C[C@]2(CO2)C[C@@H](CC(N)=O)O1)=C\CC1O[C@H](C)[C@H](NC(=O)/C=C\[C@H](C)OC(=O)N2CCN(C(=O)OCc3ccc(NC(=O)[C@H](CCCNC(N)=O)NC(=O)[C@@H](NC(=O)CCCCCNC(=O)CBr)C(C)C)cc3)CC2)C[C@@H]1C. The van der Waals surface area contributed by atoms with Crippen molar-refractivity contribution in [1.82, 2.24) is 36.4 Å². The molecule has 2 unspecified atom stereocenters. The Labute approximate surface area is 495 Å². The predicted molar refractivity (Wildman–Crippen MR) is 312 cm³/mol. The second-order valence-electron chi connectivity index (χ2n) is 22.3. The van der Waals surface area contributed by atoms with Gasteiger partial charge in [-0.25, -0.2) is 14.4 Å². The Morgan fingerprint density at radius 2 is 1.52 bits per heavy atom. The van der Waals surface area contributed by atoms with Crippen LogP contribution in [0.25, 0.3) is 0 Å². The zero-order valence-corrected chi connectivity index (χ0v) is 50.3. The van der Waals surface area contributed by atoms with E-state index in [-0.39, 0.29) is 135 Å². The highest BCUT2D eigenvalue weighted by Crippen LogP contribution is 2.43. The van der Waals surface area contributed by atoms with Crippen molar-refractivity contribution in [1.29, 1.82) is 0 Å². The third kappa shape index (κ3) is 23.9. The number of piperazine rings is 1. The van der Waals surface area contributed by atoms with Gasteiger partial charge in [0.05, 0.1) is 54.4 Å². The van der Waals surface area contributed by atoms with Crippen molar-refractivity contribution < 1.29 is 66.8 Å². The number of hydrogen-bond donors (Lipinski definition) is 8. The van der Waals surface area contributed by atoms with Gasteiger partial charge in [0.15, 0.2) is 0 Å². The fraction of sp³-hybridized carbons (Fsp3) is 0.638. The number of ether oxygens (including phenoxy) is 5. The van der Waals surface area contributed by atoms with Crippen LogP contribution in [0.4, 0.5) is 20.1 Å². The molecule has 83 heavy (non-hydrogen) atoms. The van der Waals surface area contributed by atoms with Gasteiger partial charge in [0, 0.05) is 70.3 Å². The summed E-state index contributed by atoms with van der Waals surface area (Å²) in [5.74, 6) is -2.37. The molecule has 1 spiro atoms. The summed E-state index contributed by atoms with van der Waals surface area (Å²) < 4.78 is 29.4. The molecule has 10 N–H and O–H groups in total. The predicted octanol–water partition coefficient (Wildman–Crippen LogP) is 4.49. The molecule has 4 fully saturated rings. The van der Waals surface area contributed by atoms with Crippen LogP contribution >= 0.6 is 15.9 Å². The number of nitrogens with zero attached hydrogens (tertiary/aromatic N) is 2. The van der Waals surface area contributed by atoms with E-state index in [0.717, 1.165) is 18.4 Å². The molecule has 0 aromatic heterocycles. The monoisotopic (exact) mass is 1230 g/mol. The Kier molecular flexibility index (Phi) is 27.3. The van der Waals surface area contributed by atoms with Crippen LogP contribution in [0.15, 0.2) is 60.2 Å². The molecule has 24 nitrogen and oxygen atoms in total. The lowest BCUT2D eigenvalue weighted by Gasteiger charge is -2.39. The van der Waals surface area contributed by atoms with Crippen LogP contribution in [-0.2, 0) is 59.1 Å². The molecule has 5 rings (SSSR count). The zero-order chi connectivity index (χ0) is 60.6. The number of halogens is 1. The van der Waals surface area contributed by atoms with E-state index < -0.39 is 48.2 Å². The van der Waals surface area contributed by atoms with E-state index in [2.05, 4.69) is 60.8 Å². The first kappa shape index (κ1) is 67.2. The standard InChI is InChI=1S/C58H87BrN10O14/c1-36(2)52(67-49(71)12-8-7-9-23-62-51(73)33-59)54(75)66-45(11-10-24-63-55(61)76)53(74)64-42-18-16-41(17-19-42)34-79-56(77)68-25-27-69(28-26-68)57(78)81-39(5)15-22-50(72)65-46-29-38(4)47(82-40(46)6)21-14-37(3)13-20-43-31-58(35-80-58)32-44(83-43)30-48(60)70/h13-20,22,36,38-40,43-47,52H,7-12,21,23-35H2,1-6H3,(H2,60,70)(H,62,73)(H,64,74)(H,65,72)(H,66,75)(H,67,71)(H3,61,63,76)/b20-13+,22-15-,37-14+/t38-,39-,40+,43?,44+,45-,46+,47?,52-,58+/m0/s1. The van der Waals surface area contributed by atoms with E-state index in [0.29, 0.717) is 62.9 Å². The Bertz CT molecular complexity index is 2470. The lowest BCUT2D eigenvalue weighted by atomic mass is 9.88. The molecular weight excluding hydrogens is 1140 g/mol. The summed E-state index contributed by atoms with van der Waals surface area (Å²) in [6, 6.07) is 3.68. The van der Waals surface area contributed by atoms with Crippen molar-refractivity contribution in [3.05, 3.63) is 65.8 Å². The lowest BCUT2D eigenvalue weighted by molar-refractivity contribution is -0.132. The highest BCUT2D eigenvalue weighted by atomic mass is 79.9. The number of epoxide rings is 1. The molecule has 10 amide bonds. The number of allylic oxidation sites excluding steroid dienone is 2. The van der Waals surface area contributed by atoms with Gasteiger partial charge in [-0.05, 0) is 94.9 Å². The summed E-state index contributed by atoms with van der Waals surface area (Å²) >= 11 is 3.09. The number of carbonyl (C=O) groups is 9. The topological polar surface area (TPSA) is 334 Å². The summed E-state index contributed by atoms with van der Waals surface area (Å²) in [4.78, 5) is 116. The minimum Gasteiger partial charge on any atom is -0.445 e. The largest absolute Gasteiger partial charge is 0.445 e. The highest BCUT2D eigenvalue weighted by Gasteiger charge is 2.51. The first-order valence-corrected chi connectivity index (χ1v) is 29.9. The van der Waals surface area contributed by atoms with Crippen LogP contribution in [-0.4, -0.2) is 169 Å². The quantitative estimate of drug-likeness (QED) is 0.0180. The summed E-state index contributed by atoms with van der Waals surface area (Å²) in [6.07, 6.45) is 12.1. The van der Waals surface area contributed by atoms with Crippen LogP contribution in [0.2, 0.25) is 0 Å². The summed E-state index contributed by atoms with van der Waals surface area (Å²) in [6.45, 7) is 13.4. The van der Waals surface area contributed by atoms with Crippen molar-refractivity contribution in [3.63, 3.8) is 0 Å². The van der Waals surface area contributed by atoms with E-state index >= 15 is 0 Å². The van der Waals surface area contributed by atoms with Crippen LogP contribution in [0, 0.1) is 11.8 Å². The average Bonchev–Trinajstić information content (AvgIpc) is 4.36. The van der Waals surface area contributed by atoms with Gasteiger partial charge in [-0.3, -0.25) is 28.8 Å². The van der Waals surface area contributed by atoms with Crippen molar-refractivity contribution in [2.45, 2.75) is 173 Å². The minimum absolute atomic E-state index is 0.0363. The number of urea groups is 1. The van der Waals surface area contributed by atoms with Gasteiger partial charge in [0.2, 0.25) is 35.4 Å². The van der Waals surface area contributed by atoms with Gasteiger partial charge in [0.25, 0.3) is 0 Å². The molecule has 4 aliphatic rings. The number of benzene rings is 1. The minimum atomic E-state index is -1.04. The van der Waals surface area contributed by atoms with Gasteiger partial charge in [0.1, 0.15) is 24.8 Å². The number of nitrogens with two attached hydrogens (primary N) is 2. The zero-order valence-electron chi connectivity index (χ0n) is 48.8. The Morgan fingerprint density at radius 3 is 2.17 bits per heavy atom. The third-order valence-corrected chi connectivity index (χ3v) is 15.4. The number of primary amides is 2. The number of anilines is 1. The Morgan fingerprint density at radius 1 is 0.831 bits per heavy atom. The van der Waals surface area contributed by atoms with E-state index in [1.54, 1.807) is 45.0 Å². The van der Waals surface area contributed by atoms with E-state index in [1.807, 2.05) is 26.0 Å². The van der Waals surface area contributed by atoms with Gasteiger partial charge >= 0.3 is 18.2 Å². The molecule has 4 aliphatic heterocycles. The lowest BCUT2D eigenvalue weighted by Crippen LogP contribution is -2.54. The number of amides is 10. The van der Waals surface area contributed by atoms with E-state index in [1.165, 1.54) is 22.0 Å². The highest BCUT2D eigenvalue weighted by molar-refractivity contribution is 9.09. The van der Waals surface area contributed by atoms with Gasteiger partial charge in [-0.2, -0.15) is 0 Å². The maximum atomic E-state index is 13.6. The first-order chi connectivity index (χ1) is 39.5. The Hall–Kier alpha value is -6.57. The molecule has 0 aliphatic carbocycles. The maximum Gasteiger partial charge on any atom is 0.410 e. The number of unbranched alkanes of at least 4 members (excludes halogenated alkanes) is 2. The first-order valence-electron chi connectivity index (χ1n) is 28.8. The summed E-state index contributed by atoms with van der Waals surface area (Å²) in [5, 5.41) is 16.8. The third-order valence-electron chi connectivity index (χ3n) is 14.9. The molecule has 0 radical (unpaired) electrons. The Balaban J connectivity index is 0.987. The molecular formula is C58H87BrN10O14. The molecule has 4 saturated heterocycles. The van der Waals surface area contributed by atoms with Crippen LogP contribution < -0.4 is 43.4 Å². The fourth-order valence-corrected chi connectivity index (χ4v) is 10.2. The van der Waals surface area contributed by atoms with Gasteiger partial charge in [-0.15, -0.1) is 0 Å². The number of hydrogen-bond acceptors (Lipinski definition) is 14. The second-order valence-corrected chi connectivity index (χ2v) is 22.9. The molecule has 1 aromatic rings. The molecule has 460 valence electrons. The number of nitrogens with one attached hydrogen (secondary N) is 6. The molecule has 1 aromatic carbocycles. The van der Waals surface area contributed by atoms with Crippen molar-refractivity contribution in [2.24, 2.45) is 23.3 Å². The van der Waals surface area contributed by atoms with Crippen LogP contribution in [0.1, 0.15) is 118 Å². The molecule has 25 heteroatoms. The van der Waals surface area contributed by atoms with Crippen LogP contribution in [0.5, 0.6) is 0 Å². The smallest absolute Gasteiger partial charge is 0.410 e. The fourth-order valence-electron chi connectivity index (χ4n) is 9.99. The van der Waals surface area contributed by atoms with Crippen molar-refractivity contribution in [3.8, 4) is 0 Å². The number of alkyl halides is 1. The van der Waals surface area contributed by atoms with Gasteiger partial charge in [-0.1, -0.05) is 79.1 Å². The number of rotatable bonds is 29. The maximum absolute atomic E-state index is 13.6. The van der Waals surface area contributed by atoms with E-state index in [9.17, 15) is 43.2 Å². The van der Waals surface area contributed by atoms with Gasteiger partial charge < -0.3 is 76.9 Å². The summed E-state index contributed by atoms with van der Waals surface area (Å²) in [7, 11) is 0. The van der Waals surface area contributed by atoms with Crippen molar-refractivity contribution >= 4 is 75.3 Å². The second kappa shape index (κ2) is 33.7. The molecule has 10 atom stereocenters. The normalized spacial score (nSPS) is 23.6. The molecule has 0 saturated carbocycles. The molecule has 0 bridgehead atoms.